The van der Waals surface area contributed by atoms with Crippen molar-refractivity contribution in [2.24, 2.45) is 74.6 Å². The monoisotopic (exact) mass is 1280 g/mol. The number of hydrogen-bond donors (Lipinski definition) is 10. The molecule has 5 aliphatic heterocycles. The second kappa shape index (κ2) is 30.7. The maximum atomic E-state index is 14.8. The van der Waals surface area contributed by atoms with Crippen LogP contribution in [0.2, 0.25) is 0 Å². The lowest BCUT2D eigenvalue weighted by molar-refractivity contribution is -0.126. The van der Waals surface area contributed by atoms with Gasteiger partial charge in [0.05, 0.1) is 38.3 Å². The number of dihydropyridines is 1. The summed E-state index contributed by atoms with van der Waals surface area (Å²) in [7, 11) is 4.86. The number of aliphatic hydroxyl groups excluding tert-OH is 2. The summed E-state index contributed by atoms with van der Waals surface area (Å²) in [5.74, 6) is 5.16. The largest absolute Gasteiger partial charge is 0.504 e. The van der Waals surface area contributed by atoms with Crippen LogP contribution in [0.4, 0.5) is 0 Å². The van der Waals surface area contributed by atoms with Crippen molar-refractivity contribution in [2.45, 2.75) is 172 Å². The molecule has 7 bridgehead atoms. The molecule has 3 aromatic rings. The molecule has 91 heavy (non-hydrogen) atoms. The highest BCUT2D eigenvalue weighted by atomic mass is 33.1. The van der Waals surface area contributed by atoms with Gasteiger partial charge in [-0.15, -0.1) is 0 Å². The molecule has 0 amide bonds. The average Bonchev–Trinajstić information content (AvgIpc) is 1.56. The van der Waals surface area contributed by atoms with Crippen LogP contribution in [0, 0.1) is 58.2 Å². The minimum atomic E-state index is -0.457. The molecule has 14 nitrogen and oxygen atoms in total. The van der Waals surface area contributed by atoms with Gasteiger partial charge >= 0.3 is 0 Å². The normalized spacial score (nSPS) is 32.4. The summed E-state index contributed by atoms with van der Waals surface area (Å²) in [4.78, 5) is 34.1. The zero-order valence-electron chi connectivity index (χ0n) is 54.0. The summed E-state index contributed by atoms with van der Waals surface area (Å²) in [5, 5.41) is 53.8. The molecule has 492 valence electrons. The first kappa shape index (κ1) is 66.1. The molecule has 16 heteroatoms. The molecule has 1 spiro atoms. The third-order valence-electron chi connectivity index (χ3n) is 23.7. The van der Waals surface area contributed by atoms with Gasteiger partial charge < -0.3 is 58.1 Å². The van der Waals surface area contributed by atoms with E-state index in [1.54, 1.807) is 33.7 Å². The van der Waals surface area contributed by atoms with E-state index in [0.717, 1.165) is 133 Å². The van der Waals surface area contributed by atoms with E-state index in [0.29, 0.717) is 108 Å². The number of nitrogens with one attached hydrogen (secondary N) is 5. The number of carbonyl (C=O) groups is 2. The van der Waals surface area contributed by atoms with E-state index in [-0.39, 0.29) is 58.4 Å². The molecular weight excluding hydrogens is 1170 g/mol. The molecule has 6 fully saturated rings. The lowest BCUT2D eigenvalue weighted by Crippen LogP contribution is -2.57. The number of aliphatic hydroxyl groups is 2. The van der Waals surface area contributed by atoms with Crippen LogP contribution in [0.25, 0.3) is 5.57 Å². The SMILES string of the molecule is COc1cc2c(cc1O)CC1=CNC(N)C(=C1CCc1cccc(CCc3ccccc3)c1)CSSCN=C(N)NCCC1CCC3(C1)C(NCC(O)C1CCCCC1)CC1(CC4C5CCNCC5CC5C=CCNC54)CC(CCC13)CC(=O)CC(=O)C=C2CO. The van der Waals surface area contributed by atoms with Crippen molar-refractivity contribution < 1.29 is 29.6 Å². The number of carbonyl (C=O) groups excluding carboxylic acids is 2. The van der Waals surface area contributed by atoms with Crippen LogP contribution in [0.3, 0.4) is 0 Å². The number of ketones is 2. The van der Waals surface area contributed by atoms with Gasteiger partial charge in [-0.3, -0.25) is 9.59 Å². The molecule has 0 radical (unpaired) electrons. The number of Topliss-reactive ketones (excluding diaryl/α,β-unsaturated/α-hetero) is 1. The highest BCUT2D eigenvalue weighted by Crippen LogP contribution is 2.70. The first-order chi connectivity index (χ1) is 44.4. The molecule has 5 aliphatic carbocycles. The van der Waals surface area contributed by atoms with E-state index in [1.807, 2.05) is 6.20 Å². The highest BCUT2D eigenvalue weighted by Gasteiger charge is 2.65. The number of rotatable bonds is 14. The fourth-order valence-corrected chi connectivity index (χ4v) is 21.4. The number of guanidine groups is 1. The quantitative estimate of drug-likeness (QED) is 0.0411. The van der Waals surface area contributed by atoms with Gasteiger partial charge in [0.15, 0.2) is 23.2 Å². The fourth-order valence-electron chi connectivity index (χ4n) is 19.6. The summed E-state index contributed by atoms with van der Waals surface area (Å²) < 4.78 is 5.69. The Hall–Kier alpha value is -4.91. The van der Waals surface area contributed by atoms with Gasteiger partial charge in [-0.2, -0.15) is 0 Å². The molecule has 1 saturated heterocycles. The van der Waals surface area contributed by atoms with Crippen molar-refractivity contribution in [3.8, 4) is 11.5 Å². The Balaban J connectivity index is 0.850. The van der Waals surface area contributed by atoms with Crippen molar-refractivity contribution in [3.63, 3.8) is 0 Å². The van der Waals surface area contributed by atoms with E-state index in [4.69, 9.17) is 21.2 Å². The van der Waals surface area contributed by atoms with Crippen molar-refractivity contribution >= 4 is 44.7 Å². The molecular formula is C75H104N8O6S2. The average molecular weight is 1280 g/mol. The maximum Gasteiger partial charge on any atom is 0.189 e. The molecule has 3 aromatic carbocycles. The number of methoxy groups -OCH3 is 1. The van der Waals surface area contributed by atoms with Crippen LogP contribution in [0.5, 0.6) is 11.5 Å². The van der Waals surface area contributed by atoms with E-state index >= 15 is 0 Å². The van der Waals surface area contributed by atoms with Gasteiger partial charge in [-0.1, -0.05) is 108 Å². The first-order valence-corrected chi connectivity index (χ1v) is 37.5. The van der Waals surface area contributed by atoms with Crippen molar-refractivity contribution in [2.75, 3.05) is 58.1 Å². The van der Waals surface area contributed by atoms with Gasteiger partial charge in [0.1, 0.15) is 5.78 Å². The summed E-state index contributed by atoms with van der Waals surface area (Å²) in [6.07, 6.45) is 29.4. The van der Waals surface area contributed by atoms with Crippen LogP contribution in [0.15, 0.2) is 113 Å². The van der Waals surface area contributed by atoms with Crippen LogP contribution in [-0.2, 0) is 35.3 Å². The molecule has 12 N–H and O–H groups in total. The standard InChI is InChI=1S/C75H104N8O6S2/c1-89-68-37-63-55(35-66(68)87)33-57-43-82-72(76)65(61(57)21-19-50-13-8-12-49(30-50)18-17-48-10-4-2-5-11-48)46-90-91-47-83-73(77)80-29-24-51-23-26-75(39-51)69-22-20-52(31-59(85)36-60(86)34-58(63)45-84)38-74(69,41-70(75)81-44-67(88)53-14-6-3-7-15-53)40-64-62-25-28-78-42-56(62)32-54-16-9-27-79-71(54)64/h2,4-5,8-13,16,30,34-35,37,43,51-54,56,62,64,67,69-72,78-79,81-82,84,87-88H,3,6-7,14-15,17-29,31-33,36,38-42,44-47,76H2,1H3,(H3,77,80,83). The molecule has 10 aliphatic rings. The number of hydrogen-bond acceptors (Lipinski definition) is 16. The zero-order valence-corrected chi connectivity index (χ0v) is 55.6. The number of aryl methyl sites for hydroxylation is 3. The minimum Gasteiger partial charge on any atom is -0.504 e. The number of aromatic hydroxyl groups is 1. The Morgan fingerprint density at radius 1 is 0.868 bits per heavy atom. The topological polar surface area (TPSA) is 229 Å². The number of benzene rings is 3. The maximum absolute atomic E-state index is 14.8. The molecule has 13 atom stereocenters. The number of phenolic OH excluding ortho intramolecular Hbond substituents is 1. The summed E-state index contributed by atoms with van der Waals surface area (Å²) >= 11 is 0. The number of phenols is 1. The second-order valence-electron chi connectivity index (χ2n) is 29.0. The van der Waals surface area contributed by atoms with Gasteiger partial charge in [0.25, 0.3) is 0 Å². The van der Waals surface area contributed by atoms with Gasteiger partial charge in [-0.25, -0.2) is 4.99 Å². The van der Waals surface area contributed by atoms with Crippen molar-refractivity contribution in [1.29, 1.82) is 0 Å². The third-order valence-corrected chi connectivity index (χ3v) is 25.7. The van der Waals surface area contributed by atoms with E-state index < -0.39 is 12.8 Å². The molecule has 13 rings (SSSR count). The molecule has 0 aromatic heterocycles. The fraction of sp³-hybridized carbons (Fsp3) is 0.613. The number of ether oxygens (including phenoxy) is 1. The van der Waals surface area contributed by atoms with Crippen LogP contribution in [-0.4, -0.2) is 115 Å². The lowest BCUT2D eigenvalue weighted by Gasteiger charge is -2.55. The second-order valence-corrected chi connectivity index (χ2v) is 31.5. The summed E-state index contributed by atoms with van der Waals surface area (Å²) in [5.41, 5.74) is 22.4. The number of nitrogens with zero attached hydrogens (tertiary/aromatic N) is 1. The van der Waals surface area contributed by atoms with Crippen LogP contribution in [0.1, 0.15) is 150 Å². The van der Waals surface area contributed by atoms with Crippen molar-refractivity contribution in [3.05, 3.63) is 136 Å². The van der Waals surface area contributed by atoms with Crippen molar-refractivity contribution in [1.82, 2.24) is 26.6 Å². The third kappa shape index (κ3) is 15.6. The number of nitrogens with two attached hydrogens (primary N) is 2. The summed E-state index contributed by atoms with van der Waals surface area (Å²) in [6, 6.07) is 23.6. The number of allylic oxidation sites excluding steroid dienone is 3. The predicted octanol–water partition coefficient (Wildman–Crippen LogP) is 10.6. The summed E-state index contributed by atoms with van der Waals surface area (Å²) in [6.45, 7) is 3.99. The number of aliphatic imine (C=N–C) groups is 1. The van der Waals surface area contributed by atoms with Crippen LogP contribution >= 0.6 is 21.6 Å². The van der Waals surface area contributed by atoms with Gasteiger partial charge in [-0.05, 0) is 255 Å². The zero-order chi connectivity index (χ0) is 62.9. The van der Waals surface area contributed by atoms with Crippen LogP contribution < -0.4 is 42.8 Å². The van der Waals surface area contributed by atoms with Gasteiger partial charge in [0, 0.05) is 50.1 Å². The molecule has 13 unspecified atom stereocenters. The van der Waals surface area contributed by atoms with E-state index in [9.17, 15) is 24.9 Å². The lowest BCUT2D eigenvalue weighted by atomic mass is 9.52. The predicted molar refractivity (Wildman–Crippen MR) is 370 cm³/mol. The van der Waals surface area contributed by atoms with E-state index in [2.05, 4.69) is 93.3 Å². The molecule has 5 heterocycles. The Morgan fingerprint density at radius 3 is 2.51 bits per heavy atom. The Bertz CT molecular complexity index is 3160. The highest BCUT2D eigenvalue weighted by molar-refractivity contribution is 8.76. The number of piperidine rings is 1. The Morgan fingerprint density at radius 2 is 1.68 bits per heavy atom. The van der Waals surface area contributed by atoms with Gasteiger partial charge in [0.2, 0.25) is 0 Å². The number of fused-ring (bicyclic) bond motifs is 14. The first-order valence-electron chi connectivity index (χ1n) is 35.0. The smallest absolute Gasteiger partial charge is 0.189 e. The minimum absolute atomic E-state index is 0.00977. The Labute approximate surface area is 549 Å². The van der Waals surface area contributed by atoms with E-state index in [1.165, 1.54) is 62.0 Å². The molecule has 5 saturated carbocycles. The Kier molecular flexibility index (Phi) is 22.3.